The van der Waals surface area contributed by atoms with E-state index in [0.29, 0.717) is 34.1 Å². The Labute approximate surface area is 181 Å². The van der Waals surface area contributed by atoms with E-state index in [0.717, 1.165) is 37.2 Å². The average molecular weight is 417 g/mol. The van der Waals surface area contributed by atoms with Gasteiger partial charge in [0.15, 0.2) is 0 Å². The van der Waals surface area contributed by atoms with Crippen LogP contribution in [-0.2, 0) is 4.79 Å². The summed E-state index contributed by atoms with van der Waals surface area (Å²) in [6.07, 6.45) is 7.77. The number of carbonyl (C=O) groups excluding carboxylic acids is 1. The minimum atomic E-state index is -0.219. The number of rotatable bonds is 4. The molecule has 4 rings (SSSR count). The number of allylic oxidation sites excluding steroid dienone is 2. The van der Waals surface area contributed by atoms with Gasteiger partial charge in [-0.25, -0.2) is 0 Å². The normalized spacial score (nSPS) is 15.4. The van der Waals surface area contributed by atoms with Crippen LogP contribution >= 0.6 is 11.6 Å². The summed E-state index contributed by atoms with van der Waals surface area (Å²) in [4.78, 5) is 19.2. The van der Waals surface area contributed by atoms with Gasteiger partial charge in [-0.3, -0.25) is 15.2 Å². The van der Waals surface area contributed by atoms with Gasteiger partial charge in [0.1, 0.15) is 5.84 Å². The number of halogens is 1. The van der Waals surface area contributed by atoms with Gasteiger partial charge in [0.2, 0.25) is 0 Å². The van der Waals surface area contributed by atoms with Crippen LogP contribution in [-0.4, -0.2) is 34.7 Å². The van der Waals surface area contributed by atoms with Crippen LogP contribution in [0, 0.1) is 17.3 Å². The Morgan fingerprint density at radius 2 is 2.00 bits per heavy atom. The lowest BCUT2D eigenvalue weighted by molar-refractivity contribution is -0.112. The number of hydrogen-bond acceptors (Lipinski definition) is 3. The molecule has 1 fully saturated rings. The topological polar surface area (TPSA) is 69.1 Å². The van der Waals surface area contributed by atoms with Gasteiger partial charge < -0.3 is 10.2 Å². The molecular formula is C24H21ClN4O. The molecular weight excluding hydrogens is 396 g/mol. The van der Waals surface area contributed by atoms with Crippen molar-refractivity contribution in [1.29, 1.82) is 5.41 Å². The Kier molecular flexibility index (Phi) is 5.97. The fourth-order valence-electron chi connectivity index (χ4n) is 3.46. The van der Waals surface area contributed by atoms with Crippen LogP contribution in [0.25, 0.3) is 11.3 Å². The number of benzene rings is 1. The summed E-state index contributed by atoms with van der Waals surface area (Å²) in [7, 11) is 0. The molecule has 6 heteroatoms. The number of amidine groups is 1. The van der Waals surface area contributed by atoms with E-state index in [2.05, 4.69) is 22.1 Å². The summed E-state index contributed by atoms with van der Waals surface area (Å²) in [5.41, 5.74) is 3.35. The quantitative estimate of drug-likeness (QED) is 0.432. The number of likely N-dealkylation sites (tertiary alicyclic amines) is 1. The second-order valence-electron chi connectivity index (χ2n) is 7.16. The van der Waals surface area contributed by atoms with Crippen LogP contribution in [0.2, 0.25) is 5.02 Å². The summed E-state index contributed by atoms with van der Waals surface area (Å²) in [5, 5.41) is 11.9. The zero-order chi connectivity index (χ0) is 20.9. The van der Waals surface area contributed by atoms with Crippen LogP contribution in [0.4, 0.5) is 5.69 Å². The first-order chi connectivity index (χ1) is 14.6. The maximum atomic E-state index is 12.8. The third kappa shape index (κ3) is 4.45. The molecule has 30 heavy (non-hydrogen) atoms. The van der Waals surface area contributed by atoms with Crippen molar-refractivity contribution in [2.24, 2.45) is 0 Å². The number of anilines is 1. The largest absolute Gasteiger partial charge is 0.356 e. The molecule has 0 radical (unpaired) electrons. The molecule has 5 nitrogen and oxygen atoms in total. The van der Waals surface area contributed by atoms with Crippen molar-refractivity contribution >= 4 is 29.0 Å². The molecule has 0 atom stereocenters. The van der Waals surface area contributed by atoms with Gasteiger partial charge in [-0.15, -0.1) is 0 Å². The second-order valence-corrected chi connectivity index (χ2v) is 7.56. The van der Waals surface area contributed by atoms with Gasteiger partial charge in [-0.2, -0.15) is 0 Å². The van der Waals surface area contributed by atoms with Crippen LogP contribution < -0.4 is 5.32 Å². The molecule has 1 aromatic carbocycles. The van der Waals surface area contributed by atoms with Crippen molar-refractivity contribution in [1.82, 2.24) is 9.88 Å². The lowest BCUT2D eigenvalue weighted by atomic mass is 10.1. The first-order valence-corrected chi connectivity index (χ1v) is 10.3. The van der Waals surface area contributed by atoms with Crippen LogP contribution in [0.3, 0.4) is 0 Å². The highest BCUT2D eigenvalue weighted by Crippen LogP contribution is 2.29. The molecule has 2 aliphatic rings. The monoisotopic (exact) mass is 416 g/mol. The van der Waals surface area contributed by atoms with Gasteiger partial charge >= 0.3 is 0 Å². The molecule has 2 aromatic rings. The van der Waals surface area contributed by atoms with Gasteiger partial charge in [0.05, 0.1) is 16.3 Å². The van der Waals surface area contributed by atoms with Crippen molar-refractivity contribution in [2.75, 3.05) is 18.4 Å². The number of amides is 1. The maximum Gasteiger partial charge on any atom is 0.252 e. The summed E-state index contributed by atoms with van der Waals surface area (Å²) in [6, 6.07) is 10.9. The van der Waals surface area contributed by atoms with E-state index in [1.54, 1.807) is 30.5 Å². The number of hydrogen-bond donors (Lipinski definition) is 2. The summed E-state index contributed by atoms with van der Waals surface area (Å²) in [5.74, 6) is 6.27. The number of aromatic nitrogens is 1. The molecule has 0 bridgehead atoms. The highest BCUT2D eigenvalue weighted by atomic mass is 35.5. The lowest BCUT2D eigenvalue weighted by Crippen LogP contribution is -2.27. The van der Waals surface area contributed by atoms with E-state index < -0.39 is 0 Å². The Hall–Kier alpha value is -3.36. The third-order valence-corrected chi connectivity index (χ3v) is 5.42. The summed E-state index contributed by atoms with van der Waals surface area (Å²) >= 11 is 6.32. The molecule has 2 N–H and O–H groups in total. The molecule has 2 heterocycles. The highest BCUT2D eigenvalue weighted by Gasteiger charge is 2.18. The number of pyridine rings is 1. The molecule has 0 saturated carbocycles. The fourth-order valence-corrected chi connectivity index (χ4v) is 3.67. The van der Waals surface area contributed by atoms with Crippen molar-refractivity contribution < 1.29 is 4.79 Å². The average Bonchev–Trinajstić information content (AvgIpc) is 3.19. The first-order valence-electron chi connectivity index (χ1n) is 9.88. The fraction of sp³-hybridized carbons (Fsp3) is 0.208. The SMILES string of the molecule is N=C(C1=CC=C(C(=O)Nc2ccc(Cl)c(-c3ccccn3)c2)CC#C1)N1CCCC1. The van der Waals surface area contributed by atoms with Crippen LogP contribution in [0.15, 0.2) is 65.9 Å². The van der Waals surface area contributed by atoms with Gasteiger partial charge in [0.25, 0.3) is 5.91 Å². The number of carbonyl (C=O) groups is 1. The Bertz CT molecular complexity index is 1100. The Morgan fingerprint density at radius 3 is 2.77 bits per heavy atom. The van der Waals surface area contributed by atoms with Crippen molar-refractivity contribution in [3.05, 3.63) is 70.9 Å². The zero-order valence-corrected chi connectivity index (χ0v) is 17.2. The molecule has 1 aliphatic heterocycles. The molecule has 0 unspecified atom stereocenters. The molecule has 150 valence electrons. The summed E-state index contributed by atoms with van der Waals surface area (Å²) in [6.45, 7) is 1.79. The van der Waals surface area contributed by atoms with Crippen LogP contribution in [0.5, 0.6) is 0 Å². The number of nitrogens with zero attached hydrogens (tertiary/aromatic N) is 2. The first kappa shape index (κ1) is 19.9. The predicted octanol–water partition coefficient (Wildman–Crippen LogP) is 4.67. The zero-order valence-electron chi connectivity index (χ0n) is 16.4. The van der Waals surface area contributed by atoms with Gasteiger partial charge in [0, 0.05) is 42.5 Å². The lowest BCUT2D eigenvalue weighted by Gasteiger charge is -2.17. The molecule has 1 amide bonds. The maximum absolute atomic E-state index is 12.8. The third-order valence-electron chi connectivity index (χ3n) is 5.09. The number of nitrogens with one attached hydrogen (secondary N) is 2. The van der Waals surface area contributed by atoms with Crippen molar-refractivity contribution in [2.45, 2.75) is 19.3 Å². The smallest absolute Gasteiger partial charge is 0.252 e. The van der Waals surface area contributed by atoms with Crippen molar-refractivity contribution in [3.8, 4) is 23.1 Å². The molecule has 0 spiro atoms. The van der Waals surface area contributed by atoms with Gasteiger partial charge in [-0.1, -0.05) is 35.6 Å². The standard InChI is InChI=1S/C24H21ClN4O/c25-21-12-11-19(16-20(21)22-8-1-2-13-27-22)28-24(30)18-7-5-6-17(9-10-18)23(26)29-14-3-4-15-29/h1-2,8-13,16,26H,3-4,7,14-15H2,(H,28,30). The Balaban J connectivity index is 1.50. The van der Waals surface area contributed by atoms with E-state index in [4.69, 9.17) is 17.0 Å². The van der Waals surface area contributed by atoms with E-state index in [1.165, 1.54) is 0 Å². The van der Waals surface area contributed by atoms with Crippen LogP contribution in [0.1, 0.15) is 19.3 Å². The van der Waals surface area contributed by atoms with E-state index in [-0.39, 0.29) is 5.91 Å². The Morgan fingerprint density at radius 1 is 1.17 bits per heavy atom. The molecule has 1 saturated heterocycles. The highest BCUT2D eigenvalue weighted by molar-refractivity contribution is 6.33. The molecule has 1 aliphatic carbocycles. The minimum absolute atomic E-state index is 0.219. The predicted molar refractivity (Wildman–Crippen MR) is 120 cm³/mol. The summed E-state index contributed by atoms with van der Waals surface area (Å²) < 4.78 is 0. The second kappa shape index (κ2) is 8.98. The van der Waals surface area contributed by atoms with E-state index in [9.17, 15) is 4.79 Å². The van der Waals surface area contributed by atoms with Crippen molar-refractivity contribution in [3.63, 3.8) is 0 Å². The molecule has 1 aromatic heterocycles. The van der Waals surface area contributed by atoms with E-state index >= 15 is 0 Å². The van der Waals surface area contributed by atoms with Gasteiger partial charge in [-0.05, 0) is 49.2 Å². The van der Waals surface area contributed by atoms with E-state index in [1.807, 2.05) is 29.2 Å². The minimum Gasteiger partial charge on any atom is -0.356 e.